The molecule has 0 aliphatic rings. The summed E-state index contributed by atoms with van der Waals surface area (Å²) in [5, 5.41) is 29.4. The van der Waals surface area contributed by atoms with Crippen molar-refractivity contribution >= 4 is 70.3 Å². The first-order valence-electron chi connectivity index (χ1n) is 33.6. The molecule has 0 radical (unpaired) electrons. The summed E-state index contributed by atoms with van der Waals surface area (Å²) in [6.45, 7) is 2.97. The van der Waals surface area contributed by atoms with Crippen LogP contribution in [0.1, 0.15) is 197 Å². The Labute approximate surface area is 544 Å². The molecule has 0 saturated heterocycles. The molecule has 29 nitrogen and oxygen atoms in total. The van der Waals surface area contributed by atoms with Crippen LogP contribution in [0.25, 0.3) is 0 Å². The molecule has 0 bridgehead atoms. The van der Waals surface area contributed by atoms with Gasteiger partial charge in [0.25, 0.3) is 0 Å². The van der Waals surface area contributed by atoms with Crippen molar-refractivity contribution in [3.8, 4) is 0 Å². The van der Waals surface area contributed by atoms with Gasteiger partial charge < -0.3 is 105 Å². The number of nitrogens with two attached hydrogens (primary N) is 11. The van der Waals surface area contributed by atoms with Crippen LogP contribution in [0, 0.1) is 11.8 Å². The normalized spacial score (nSPS) is 14.2. The summed E-state index contributed by atoms with van der Waals surface area (Å²) in [6, 6.07) is -3.54. The number of benzene rings is 1. The summed E-state index contributed by atoms with van der Waals surface area (Å²) < 4.78 is 0. The number of hydrogen-bond donors (Lipinski definition) is 19. The van der Waals surface area contributed by atoms with Crippen LogP contribution in [0.3, 0.4) is 0 Å². The minimum atomic E-state index is -1.26. The highest BCUT2D eigenvalue weighted by Gasteiger charge is 2.33. The van der Waals surface area contributed by atoms with E-state index in [1.807, 2.05) is 0 Å². The van der Waals surface area contributed by atoms with E-state index in [-0.39, 0.29) is 87.9 Å². The van der Waals surface area contributed by atoms with Crippen LogP contribution in [-0.4, -0.2) is 165 Å². The number of carbonyl (C=O) groups is 10. The highest BCUT2D eigenvalue weighted by molar-refractivity contribution is 6.05. The minimum Gasteiger partial charge on any atom is -0.480 e. The van der Waals surface area contributed by atoms with Gasteiger partial charge in [-0.25, -0.2) is 4.79 Å². The van der Waals surface area contributed by atoms with E-state index in [0.29, 0.717) is 168 Å². The second kappa shape index (κ2) is 51.3. The number of carbonyl (C=O) groups excluding carboxylic acids is 9. The van der Waals surface area contributed by atoms with Crippen LogP contribution in [0.2, 0.25) is 0 Å². The maximum absolute atomic E-state index is 14.9. The van der Waals surface area contributed by atoms with Crippen molar-refractivity contribution in [3.63, 3.8) is 0 Å². The van der Waals surface area contributed by atoms with Gasteiger partial charge in [0.2, 0.25) is 41.4 Å². The number of carboxylic acids is 1. The zero-order valence-corrected chi connectivity index (χ0v) is 54.7. The number of aliphatic carboxylic acids is 1. The quantitative estimate of drug-likeness (QED) is 0.0293. The lowest BCUT2D eigenvalue weighted by molar-refractivity contribution is -0.142. The van der Waals surface area contributed by atoms with Crippen LogP contribution in [0.15, 0.2) is 18.2 Å². The second-order valence-electron chi connectivity index (χ2n) is 23.9. The average Bonchev–Trinajstić information content (AvgIpc) is 0.906. The Hall–Kier alpha value is -6.12. The lowest BCUT2D eigenvalue weighted by atomic mass is 9.90. The largest absolute Gasteiger partial charge is 0.480 e. The maximum atomic E-state index is 14.9. The number of amides is 7. The first kappa shape index (κ1) is 83.9. The van der Waals surface area contributed by atoms with Crippen LogP contribution in [-0.2, 0) is 43.2 Å². The summed E-state index contributed by atoms with van der Waals surface area (Å²) in [5.41, 5.74) is 64.2. The van der Waals surface area contributed by atoms with Gasteiger partial charge in [0.05, 0.1) is 18.1 Å². The molecule has 1 aromatic rings. The van der Waals surface area contributed by atoms with E-state index in [1.54, 1.807) is 0 Å². The first-order chi connectivity index (χ1) is 44.2. The maximum Gasteiger partial charge on any atom is 0.326 e. The highest BCUT2D eigenvalue weighted by atomic mass is 16.4. The highest BCUT2D eigenvalue weighted by Crippen LogP contribution is 2.27. The summed E-state index contributed by atoms with van der Waals surface area (Å²) in [5.74, 6) is -8.93. The average molecular weight is 1300 g/mol. The van der Waals surface area contributed by atoms with Gasteiger partial charge in [-0.2, -0.15) is 0 Å². The fourth-order valence-electron chi connectivity index (χ4n) is 10.4. The van der Waals surface area contributed by atoms with Crippen molar-refractivity contribution < 1.29 is 53.1 Å². The van der Waals surface area contributed by atoms with Crippen molar-refractivity contribution in [1.29, 1.82) is 0 Å². The van der Waals surface area contributed by atoms with Crippen molar-refractivity contribution in [1.82, 2.24) is 26.6 Å². The van der Waals surface area contributed by atoms with E-state index in [1.165, 1.54) is 18.2 Å². The molecule has 7 amide bonds. The van der Waals surface area contributed by atoms with Gasteiger partial charge in [-0.1, -0.05) is 25.7 Å². The molecule has 9 atom stereocenters. The molecule has 29 heteroatoms. The monoisotopic (exact) mass is 1300 g/mol. The standard InChI is InChI=1S/C63H118N18O11/c64-28-10-1-19-42(57(85)78-51(25-7-16-34-70)62(90)81-53(63(91)92)27-9-18-36-72)39-54(82)44-37-45(75-56(84)43(20-2-11-29-65)40-55(83)49(23-5-14-32-68)77-58(86)47(73)21-3-12-30-66)41-46(38-44)76-60(88)50(24-6-15-33-69)80-61(89)52(26-8-17-35-71)79-59(87)48(74)22-4-13-31-67/h37-38,41-43,47-53H,1-36,39-40,64-74H2,(H,75,84)(H,76,88)(H,77,86)(H,78,85)(H,79,87)(H,80,89)(H,81,90)(H,91,92). The third-order valence-electron chi connectivity index (χ3n) is 16.0. The Kier molecular flexibility index (Phi) is 46.8. The molecule has 0 aromatic heterocycles. The van der Waals surface area contributed by atoms with E-state index in [9.17, 15) is 53.1 Å². The van der Waals surface area contributed by atoms with Gasteiger partial charge in [0.15, 0.2) is 11.6 Å². The van der Waals surface area contributed by atoms with E-state index in [2.05, 4.69) is 37.2 Å². The number of hydrogen-bond acceptors (Lipinski definition) is 21. The molecule has 0 aliphatic heterocycles. The van der Waals surface area contributed by atoms with Gasteiger partial charge >= 0.3 is 5.97 Å². The summed E-state index contributed by atoms with van der Waals surface area (Å²) in [6.07, 6.45) is 9.98. The minimum absolute atomic E-state index is 0.00177. The summed E-state index contributed by atoms with van der Waals surface area (Å²) in [7, 11) is 0. The van der Waals surface area contributed by atoms with E-state index < -0.39 is 119 Å². The molecule has 92 heavy (non-hydrogen) atoms. The molecule has 1 aromatic carbocycles. The Morgan fingerprint density at radius 1 is 0.315 bits per heavy atom. The third-order valence-corrected chi connectivity index (χ3v) is 16.0. The van der Waals surface area contributed by atoms with Crippen LogP contribution in [0.5, 0.6) is 0 Å². The second-order valence-corrected chi connectivity index (χ2v) is 23.9. The van der Waals surface area contributed by atoms with E-state index in [4.69, 9.17) is 63.1 Å². The predicted octanol–water partition coefficient (Wildman–Crippen LogP) is -0.348. The fourth-order valence-corrected chi connectivity index (χ4v) is 10.4. The number of rotatable bonds is 57. The molecule has 0 fully saturated rings. The van der Waals surface area contributed by atoms with Crippen LogP contribution < -0.4 is 100 Å². The molecule has 1 rings (SSSR count). The summed E-state index contributed by atoms with van der Waals surface area (Å²) >= 11 is 0. The Morgan fingerprint density at radius 3 is 1.00 bits per heavy atom. The number of unbranched alkanes of at least 4 members (excludes halogenated alkanes) is 9. The van der Waals surface area contributed by atoms with Crippen LogP contribution >= 0.6 is 0 Å². The van der Waals surface area contributed by atoms with Gasteiger partial charge in [-0.05, 0) is 225 Å². The van der Waals surface area contributed by atoms with E-state index >= 15 is 0 Å². The SMILES string of the molecule is NCCCCC(N)C(=O)NC(CCCCN)C(=O)CC(CCCCN)C(=O)Nc1cc(NC(=O)C(CCCCN)NC(=O)C(CCCCN)NC(=O)C(N)CCCCN)cc(C(=O)CC(CCCCN)C(=O)NC(CCCCN)C(=O)NC(CCCCN)C(=O)O)c1. The zero-order valence-electron chi connectivity index (χ0n) is 54.7. The van der Waals surface area contributed by atoms with Gasteiger partial charge in [0.1, 0.15) is 24.2 Å². The van der Waals surface area contributed by atoms with Crippen LogP contribution in [0.4, 0.5) is 11.4 Å². The molecule has 30 N–H and O–H groups in total. The van der Waals surface area contributed by atoms with E-state index in [0.717, 1.165) is 0 Å². The summed E-state index contributed by atoms with van der Waals surface area (Å²) in [4.78, 5) is 140. The van der Waals surface area contributed by atoms with Crippen molar-refractivity contribution in [2.45, 2.75) is 228 Å². The molecule has 526 valence electrons. The molecule has 0 heterocycles. The smallest absolute Gasteiger partial charge is 0.326 e. The molecular formula is C63H118N18O11. The molecular weight excluding hydrogens is 1180 g/mol. The molecule has 0 aliphatic carbocycles. The number of carboxylic acid groups (broad SMARTS) is 1. The Bertz CT molecular complexity index is 2230. The van der Waals surface area contributed by atoms with Gasteiger partial charge in [-0.15, -0.1) is 0 Å². The zero-order chi connectivity index (χ0) is 68.6. The predicted molar refractivity (Wildman–Crippen MR) is 359 cm³/mol. The third kappa shape index (κ3) is 35.8. The molecule has 0 spiro atoms. The lowest BCUT2D eigenvalue weighted by Gasteiger charge is -2.25. The Balaban J connectivity index is 4.09. The van der Waals surface area contributed by atoms with Gasteiger partial charge in [0, 0.05) is 41.6 Å². The number of Topliss-reactive ketones (excluding diaryl/α,β-unsaturated/α-hetero) is 2. The van der Waals surface area contributed by atoms with Gasteiger partial charge in [-0.3, -0.25) is 43.2 Å². The van der Waals surface area contributed by atoms with Crippen molar-refractivity contribution in [2.75, 3.05) is 69.5 Å². The topological polar surface area (TPSA) is 561 Å². The molecule has 9 unspecified atom stereocenters. The lowest BCUT2D eigenvalue weighted by Crippen LogP contribution is -2.55. The number of nitrogens with one attached hydrogen (secondary N) is 7. The van der Waals surface area contributed by atoms with Crippen molar-refractivity contribution in [3.05, 3.63) is 23.8 Å². The number of ketones is 2. The van der Waals surface area contributed by atoms with Crippen molar-refractivity contribution in [2.24, 2.45) is 74.9 Å². The Morgan fingerprint density at radius 2 is 0.609 bits per heavy atom. The fraction of sp³-hybridized carbons (Fsp3) is 0.746. The molecule has 0 saturated carbocycles. The number of anilines is 2. The first-order valence-corrected chi connectivity index (χ1v) is 33.6.